The smallest absolute Gasteiger partial charge is 0.312 e. The summed E-state index contributed by atoms with van der Waals surface area (Å²) in [4.78, 5) is 40.3. The van der Waals surface area contributed by atoms with E-state index in [4.69, 9.17) is 45.0 Å². The van der Waals surface area contributed by atoms with Crippen LogP contribution in [0.2, 0.25) is 5.02 Å². The van der Waals surface area contributed by atoms with E-state index in [-0.39, 0.29) is 48.2 Å². The number of sulfonamides is 1. The summed E-state index contributed by atoms with van der Waals surface area (Å²) in [5.41, 5.74) is 5.78. The Bertz CT molecular complexity index is 2960. The van der Waals surface area contributed by atoms with Gasteiger partial charge in [0.2, 0.25) is 5.88 Å². The minimum absolute atomic E-state index is 0.000585. The van der Waals surface area contributed by atoms with Crippen LogP contribution in [0.4, 0.5) is 22.7 Å². The van der Waals surface area contributed by atoms with Crippen LogP contribution in [0.3, 0.4) is 0 Å². The summed E-state index contributed by atoms with van der Waals surface area (Å²) < 4.78 is 66.6. The van der Waals surface area contributed by atoms with Crippen molar-refractivity contribution in [2.75, 3.05) is 88.8 Å². The molecule has 3 fully saturated rings. The lowest BCUT2D eigenvalue weighted by Gasteiger charge is -2.45. The third-order valence-corrected chi connectivity index (χ3v) is 15.6. The van der Waals surface area contributed by atoms with Gasteiger partial charge in [-0.05, 0) is 109 Å². The van der Waals surface area contributed by atoms with Gasteiger partial charge in [0.05, 0.1) is 65.7 Å². The maximum absolute atomic E-state index is 14.6. The topological polar surface area (TPSA) is 200 Å². The Hall–Kier alpha value is -5.80. The molecule has 1 unspecified atom stereocenters. The number of carbonyl (C=O) groups is 1. The van der Waals surface area contributed by atoms with Gasteiger partial charge in [0.25, 0.3) is 15.9 Å². The molecule has 3 saturated heterocycles. The first kappa shape index (κ1) is 49.8. The van der Waals surface area contributed by atoms with Gasteiger partial charge in [-0.3, -0.25) is 19.8 Å². The highest BCUT2D eigenvalue weighted by Crippen LogP contribution is 2.46. The number of nitro benzene ring substituents is 1. The molecule has 1 amide bonds. The van der Waals surface area contributed by atoms with Crippen LogP contribution in [0.25, 0.3) is 16.6 Å². The zero-order valence-electron chi connectivity index (χ0n) is 40.6. The van der Waals surface area contributed by atoms with Gasteiger partial charge in [0, 0.05) is 74.3 Å². The predicted octanol–water partition coefficient (Wildman–Crippen LogP) is 7.92. The molecule has 0 radical (unpaired) electrons. The molecule has 4 aliphatic heterocycles. The fraction of sp³-hybridized carbons (Fsp3) is 0.462. The molecule has 382 valence electrons. The van der Waals surface area contributed by atoms with E-state index < -0.39 is 37.5 Å². The number of amides is 1. The molecule has 20 heteroatoms. The first-order valence-corrected chi connectivity index (χ1v) is 26.4. The standard InChI is InChI=1S/C52H60ClN7O11S/c1-33-29-70-39(31-69-33)32-71-47-13-11-40(24-45(47)60(62)63)72(64,65)56-50(61)41-12-10-37(23-44(41)59-16-4-20-68-51-46(59)22-35-14-15-54-49(35)55-51)57-17-18-58-28-43-42(34-6-8-36(53)9-7-34)25-52(2,3)26-48(43)67-21-5-19-66-30-38(58)27-57/h6-15,22-24,33,38-39,48H,4-5,16-21,25-32H2,1-3H3,(H,54,55)(H,56,61)/t33-,38+,39?,48-/m1/s1. The normalized spacial score (nSPS) is 23.2. The molecule has 0 bridgehead atoms. The van der Waals surface area contributed by atoms with Gasteiger partial charge in [0.15, 0.2) is 5.75 Å². The first-order valence-electron chi connectivity index (χ1n) is 24.6. The number of benzene rings is 3. The van der Waals surface area contributed by atoms with E-state index in [1.165, 1.54) is 23.3 Å². The second kappa shape index (κ2) is 21.0. The van der Waals surface area contributed by atoms with Gasteiger partial charge in [-0.1, -0.05) is 37.6 Å². The molecule has 18 nitrogen and oxygen atoms in total. The number of aromatic nitrogens is 2. The van der Waals surface area contributed by atoms with Crippen LogP contribution >= 0.6 is 11.6 Å². The number of ether oxygens (including phenoxy) is 6. The van der Waals surface area contributed by atoms with Crippen molar-refractivity contribution in [3.8, 4) is 11.6 Å². The number of allylic oxidation sites excluding steroid dienone is 1. The average Bonchev–Trinajstić information content (AvgIpc) is 3.71. The van der Waals surface area contributed by atoms with Crippen molar-refractivity contribution < 1.29 is 46.6 Å². The van der Waals surface area contributed by atoms with Crippen molar-refractivity contribution in [1.82, 2.24) is 19.6 Å². The van der Waals surface area contributed by atoms with E-state index in [0.717, 1.165) is 42.0 Å². The molecule has 1 aliphatic carbocycles. The quantitative estimate of drug-likeness (QED) is 0.101. The number of nitrogens with one attached hydrogen (secondary N) is 2. The van der Waals surface area contributed by atoms with Crippen molar-refractivity contribution in [2.45, 2.75) is 75.7 Å². The number of anilines is 3. The highest BCUT2D eigenvalue weighted by molar-refractivity contribution is 7.90. The number of hydrogen-bond donors (Lipinski definition) is 2. The van der Waals surface area contributed by atoms with E-state index in [0.29, 0.717) is 100 Å². The van der Waals surface area contributed by atoms with Crippen LogP contribution in [0.1, 0.15) is 62.4 Å². The number of aromatic amines is 1. The number of carbonyl (C=O) groups excluding carboxylic acids is 1. The molecule has 4 atom stereocenters. The Morgan fingerprint density at radius 1 is 0.958 bits per heavy atom. The largest absolute Gasteiger partial charge is 0.484 e. The Labute approximate surface area is 423 Å². The number of fused-ring (bicyclic) bond motifs is 4. The third-order valence-electron chi connectivity index (χ3n) is 14.0. The van der Waals surface area contributed by atoms with E-state index in [9.17, 15) is 23.3 Å². The van der Waals surface area contributed by atoms with Crippen molar-refractivity contribution in [2.24, 2.45) is 5.41 Å². The molecular formula is C52H60ClN7O11S. The van der Waals surface area contributed by atoms with E-state index in [1.54, 1.807) is 12.3 Å². The number of halogens is 1. The summed E-state index contributed by atoms with van der Waals surface area (Å²) in [6.45, 7) is 12.2. The van der Waals surface area contributed by atoms with Gasteiger partial charge in [-0.25, -0.2) is 13.1 Å². The van der Waals surface area contributed by atoms with Crippen LogP contribution in [-0.4, -0.2) is 137 Å². The van der Waals surface area contributed by atoms with Crippen molar-refractivity contribution in [1.29, 1.82) is 0 Å². The number of hydrogen-bond acceptors (Lipinski definition) is 15. The lowest BCUT2D eigenvalue weighted by Crippen LogP contribution is -2.56. The molecule has 0 saturated carbocycles. The van der Waals surface area contributed by atoms with Gasteiger partial charge in [-0.15, -0.1) is 0 Å². The fourth-order valence-electron chi connectivity index (χ4n) is 10.3. The maximum atomic E-state index is 14.6. The van der Waals surface area contributed by atoms with Crippen LogP contribution in [0.5, 0.6) is 11.6 Å². The third kappa shape index (κ3) is 10.9. The zero-order chi connectivity index (χ0) is 50.1. The van der Waals surface area contributed by atoms with Gasteiger partial charge in [0.1, 0.15) is 24.0 Å². The monoisotopic (exact) mass is 1030 g/mol. The Morgan fingerprint density at radius 2 is 1.81 bits per heavy atom. The van der Waals surface area contributed by atoms with E-state index >= 15 is 0 Å². The van der Waals surface area contributed by atoms with Gasteiger partial charge < -0.3 is 43.2 Å². The van der Waals surface area contributed by atoms with Crippen LogP contribution < -0.4 is 24.0 Å². The Balaban J connectivity index is 0.962. The summed E-state index contributed by atoms with van der Waals surface area (Å²) in [5, 5.41) is 13.8. The zero-order valence-corrected chi connectivity index (χ0v) is 42.2. The molecular weight excluding hydrogens is 966 g/mol. The Morgan fingerprint density at radius 3 is 2.61 bits per heavy atom. The molecule has 3 aromatic carbocycles. The lowest BCUT2D eigenvalue weighted by molar-refractivity contribution is -0.386. The maximum Gasteiger partial charge on any atom is 0.312 e. The summed E-state index contributed by atoms with van der Waals surface area (Å²) >= 11 is 6.37. The number of pyridine rings is 1. The molecule has 10 rings (SSSR count). The molecule has 6 heterocycles. The van der Waals surface area contributed by atoms with E-state index in [1.807, 2.05) is 48.2 Å². The summed E-state index contributed by atoms with van der Waals surface area (Å²) in [7, 11) is -4.67. The van der Waals surface area contributed by atoms with Crippen molar-refractivity contribution >= 4 is 66.9 Å². The number of rotatable bonds is 10. The summed E-state index contributed by atoms with van der Waals surface area (Å²) in [6, 6.07) is 20.6. The molecule has 72 heavy (non-hydrogen) atoms. The van der Waals surface area contributed by atoms with Gasteiger partial charge in [-0.2, -0.15) is 4.98 Å². The number of H-pyrrole nitrogens is 1. The summed E-state index contributed by atoms with van der Waals surface area (Å²) in [5.74, 6) is -0.714. The fourth-order valence-corrected chi connectivity index (χ4v) is 11.4. The van der Waals surface area contributed by atoms with Crippen molar-refractivity contribution in [3.05, 3.63) is 111 Å². The lowest BCUT2D eigenvalue weighted by atomic mass is 9.71. The van der Waals surface area contributed by atoms with Crippen LogP contribution in [0.15, 0.2) is 89.5 Å². The highest BCUT2D eigenvalue weighted by atomic mass is 35.5. The van der Waals surface area contributed by atoms with Gasteiger partial charge >= 0.3 is 5.69 Å². The van der Waals surface area contributed by atoms with Crippen molar-refractivity contribution in [3.63, 3.8) is 0 Å². The summed E-state index contributed by atoms with van der Waals surface area (Å²) in [6.07, 6.45) is 4.37. The Kier molecular flexibility index (Phi) is 14.5. The molecule has 2 N–H and O–H groups in total. The molecule has 0 spiro atoms. The molecule has 5 aliphatic rings. The highest BCUT2D eigenvalue weighted by Gasteiger charge is 2.39. The number of piperazine rings is 1. The average molecular weight is 1030 g/mol. The molecule has 5 aromatic rings. The minimum atomic E-state index is -4.67. The minimum Gasteiger partial charge on any atom is -0.484 e. The van der Waals surface area contributed by atoms with E-state index in [2.05, 4.69) is 45.5 Å². The SMILES string of the molecule is C[C@@H]1COC(COc2ccc(S(=O)(=O)NC(=O)c3ccc(N4CCN5CC6=C(c7ccc(Cl)cc7)CC(C)(C)C[C@H]6OCCCOC[C@@H]5C4)cc3N3CCCOc4nc5[nH]ccc5cc43)cc2[N+](=O)[O-])CO1. The van der Waals surface area contributed by atoms with Crippen LogP contribution in [-0.2, 0) is 29.0 Å². The predicted molar refractivity (Wildman–Crippen MR) is 272 cm³/mol. The second-order valence-electron chi connectivity index (χ2n) is 19.9. The second-order valence-corrected chi connectivity index (χ2v) is 22.0. The number of nitro groups is 1. The molecule has 2 aromatic heterocycles. The first-order chi connectivity index (χ1) is 34.7. The number of nitrogens with zero attached hydrogens (tertiary/aromatic N) is 5. The van der Waals surface area contributed by atoms with Crippen LogP contribution in [0, 0.1) is 15.5 Å².